The van der Waals surface area contributed by atoms with Crippen molar-refractivity contribution in [2.75, 3.05) is 44.9 Å². The summed E-state index contributed by atoms with van der Waals surface area (Å²) in [6.07, 6.45) is 0. The van der Waals surface area contributed by atoms with Gasteiger partial charge in [0.1, 0.15) is 0 Å². The van der Waals surface area contributed by atoms with Crippen molar-refractivity contribution in [1.82, 2.24) is 4.90 Å². The van der Waals surface area contributed by atoms with E-state index in [1.807, 2.05) is 26.2 Å². The lowest BCUT2D eigenvalue weighted by Gasteiger charge is -2.33. The summed E-state index contributed by atoms with van der Waals surface area (Å²) in [6.45, 7) is 5.92. The number of nitrogens with zero attached hydrogens (tertiary/aromatic N) is 2. The van der Waals surface area contributed by atoms with Gasteiger partial charge in [0.05, 0.1) is 18.4 Å². The number of nitrogens with two attached hydrogens (primary N) is 1. The number of carbonyl (C=O) groups excluding carboxylic acids is 1. The first kappa shape index (κ1) is 16.3. The number of hydrogen-bond donors (Lipinski definition) is 1. The SMILES string of the molecule is CCN(c1ccc(N)cc1C(=O)OC)C(C)CN(C)C. The van der Waals surface area contributed by atoms with Crippen LogP contribution in [-0.2, 0) is 4.74 Å². The number of ether oxygens (including phenoxy) is 1. The highest BCUT2D eigenvalue weighted by molar-refractivity contribution is 5.97. The molecule has 0 saturated heterocycles. The third-order valence-corrected chi connectivity index (χ3v) is 3.24. The molecule has 0 amide bonds. The molecule has 0 aliphatic rings. The van der Waals surface area contributed by atoms with Crippen LogP contribution >= 0.6 is 0 Å². The molecule has 2 N–H and O–H groups in total. The first-order chi connectivity index (χ1) is 9.40. The molecule has 1 aromatic rings. The number of carbonyl (C=O) groups is 1. The zero-order chi connectivity index (χ0) is 15.3. The van der Waals surface area contributed by atoms with Gasteiger partial charge in [0.25, 0.3) is 0 Å². The maximum atomic E-state index is 11.9. The van der Waals surface area contributed by atoms with Crippen LogP contribution < -0.4 is 10.6 Å². The van der Waals surface area contributed by atoms with Gasteiger partial charge in [-0.2, -0.15) is 0 Å². The first-order valence-corrected chi connectivity index (χ1v) is 6.79. The molecule has 0 aromatic heterocycles. The van der Waals surface area contributed by atoms with Crippen LogP contribution in [0, 0.1) is 0 Å². The predicted octanol–water partition coefficient (Wildman–Crippen LogP) is 1.83. The molecule has 0 saturated carbocycles. The molecule has 20 heavy (non-hydrogen) atoms. The minimum atomic E-state index is -0.359. The van der Waals surface area contributed by atoms with E-state index in [0.717, 1.165) is 18.8 Å². The fourth-order valence-corrected chi connectivity index (χ4v) is 2.42. The molecule has 1 unspecified atom stereocenters. The van der Waals surface area contributed by atoms with Crippen LogP contribution in [0.5, 0.6) is 0 Å². The largest absolute Gasteiger partial charge is 0.465 e. The average molecular weight is 279 g/mol. The third kappa shape index (κ3) is 3.87. The number of rotatable bonds is 6. The molecule has 0 bridgehead atoms. The number of nitrogen functional groups attached to an aromatic ring is 1. The number of hydrogen-bond acceptors (Lipinski definition) is 5. The Labute approximate surface area is 121 Å². The van der Waals surface area contributed by atoms with Gasteiger partial charge in [-0.05, 0) is 46.1 Å². The van der Waals surface area contributed by atoms with E-state index >= 15 is 0 Å². The van der Waals surface area contributed by atoms with E-state index in [0.29, 0.717) is 11.3 Å². The van der Waals surface area contributed by atoms with Crippen LogP contribution in [0.2, 0.25) is 0 Å². The Morgan fingerprint density at radius 1 is 1.40 bits per heavy atom. The molecule has 0 aliphatic carbocycles. The van der Waals surface area contributed by atoms with Gasteiger partial charge in [0, 0.05) is 24.8 Å². The van der Waals surface area contributed by atoms with Crippen LogP contribution in [0.25, 0.3) is 0 Å². The fourth-order valence-electron chi connectivity index (χ4n) is 2.42. The van der Waals surface area contributed by atoms with Crippen molar-refractivity contribution >= 4 is 17.3 Å². The van der Waals surface area contributed by atoms with E-state index in [9.17, 15) is 4.79 Å². The van der Waals surface area contributed by atoms with Crippen molar-refractivity contribution in [3.63, 3.8) is 0 Å². The Morgan fingerprint density at radius 2 is 2.05 bits per heavy atom. The van der Waals surface area contributed by atoms with Gasteiger partial charge in [0.2, 0.25) is 0 Å². The van der Waals surface area contributed by atoms with Crippen LogP contribution in [0.15, 0.2) is 18.2 Å². The summed E-state index contributed by atoms with van der Waals surface area (Å²) in [4.78, 5) is 16.3. The van der Waals surface area contributed by atoms with Crippen LogP contribution in [-0.4, -0.2) is 51.2 Å². The van der Waals surface area contributed by atoms with Gasteiger partial charge in [0.15, 0.2) is 0 Å². The third-order valence-electron chi connectivity index (χ3n) is 3.24. The summed E-state index contributed by atoms with van der Waals surface area (Å²) in [6, 6.07) is 5.65. The lowest BCUT2D eigenvalue weighted by Crippen LogP contribution is -2.40. The zero-order valence-corrected chi connectivity index (χ0v) is 13.0. The highest BCUT2D eigenvalue weighted by Crippen LogP contribution is 2.25. The first-order valence-electron chi connectivity index (χ1n) is 6.79. The predicted molar refractivity (Wildman–Crippen MR) is 83.2 cm³/mol. The second kappa shape index (κ2) is 7.14. The minimum absolute atomic E-state index is 0.280. The van der Waals surface area contributed by atoms with E-state index in [4.69, 9.17) is 10.5 Å². The lowest BCUT2D eigenvalue weighted by atomic mass is 10.1. The minimum Gasteiger partial charge on any atom is -0.465 e. The second-order valence-corrected chi connectivity index (χ2v) is 5.17. The monoisotopic (exact) mass is 279 g/mol. The molecule has 5 nitrogen and oxygen atoms in total. The number of anilines is 2. The Bertz CT molecular complexity index is 460. The highest BCUT2D eigenvalue weighted by atomic mass is 16.5. The van der Waals surface area contributed by atoms with Crippen molar-refractivity contribution in [3.8, 4) is 0 Å². The van der Waals surface area contributed by atoms with Crippen LogP contribution in [0.3, 0.4) is 0 Å². The molecular formula is C15H25N3O2. The number of esters is 1. The van der Waals surface area contributed by atoms with Crippen molar-refractivity contribution in [3.05, 3.63) is 23.8 Å². The Kier molecular flexibility index (Phi) is 5.82. The summed E-state index contributed by atoms with van der Waals surface area (Å²) >= 11 is 0. The van der Waals surface area contributed by atoms with E-state index < -0.39 is 0 Å². The number of likely N-dealkylation sites (N-methyl/N-ethyl adjacent to an activating group) is 2. The molecule has 1 aromatic carbocycles. The quantitative estimate of drug-likeness (QED) is 0.636. The zero-order valence-electron chi connectivity index (χ0n) is 13.0. The Balaban J connectivity index is 3.17. The van der Waals surface area contributed by atoms with Gasteiger partial charge in [-0.3, -0.25) is 0 Å². The molecule has 0 spiro atoms. The fraction of sp³-hybridized carbons (Fsp3) is 0.533. The molecule has 0 heterocycles. The molecule has 0 fully saturated rings. The molecule has 0 radical (unpaired) electrons. The van der Waals surface area contributed by atoms with E-state index in [-0.39, 0.29) is 12.0 Å². The van der Waals surface area contributed by atoms with Gasteiger partial charge in [-0.25, -0.2) is 4.79 Å². The smallest absolute Gasteiger partial charge is 0.340 e. The molecule has 0 aliphatic heterocycles. The molecule has 1 rings (SSSR count). The van der Waals surface area contributed by atoms with Gasteiger partial charge in [-0.1, -0.05) is 0 Å². The van der Waals surface area contributed by atoms with Gasteiger partial charge >= 0.3 is 5.97 Å². The van der Waals surface area contributed by atoms with Gasteiger partial charge < -0.3 is 20.3 Å². The summed E-state index contributed by atoms with van der Waals surface area (Å²) in [7, 11) is 5.46. The summed E-state index contributed by atoms with van der Waals surface area (Å²) in [5, 5.41) is 0. The summed E-state index contributed by atoms with van der Waals surface area (Å²) in [5.41, 5.74) is 7.72. The molecule has 112 valence electrons. The molecular weight excluding hydrogens is 254 g/mol. The number of methoxy groups -OCH3 is 1. The highest BCUT2D eigenvalue weighted by Gasteiger charge is 2.20. The van der Waals surface area contributed by atoms with Crippen molar-refractivity contribution in [1.29, 1.82) is 0 Å². The maximum Gasteiger partial charge on any atom is 0.340 e. The Morgan fingerprint density at radius 3 is 2.55 bits per heavy atom. The van der Waals surface area contributed by atoms with Crippen molar-refractivity contribution in [2.24, 2.45) is 0 Å². The van der Waals surface area contributed by atoms with Crippen molar-refractivity contribution < 1.29 is 9.53 Å². The topological polar surface area (TPSA) is 58.8 Å². The summed E-state index contributed by atoms with van der Waals surface area (Å²) in [5.74, 6) is -0.359. The molecule has 1 atom stereocenters. The van der Waals surface area contributed by atoms with Crippen molar-refractivity contribution in [2.45, 2.75) is 19.9 Å². The number of benzene rings is 1. The standard InChI is InChI=1S/C15H25N3O2/c1-6-18(11(2)10-17(3)4)14-8-7-12(16)9-13(14)15(19)20-5/h7-9,11H,6,10,16H2,1-5H3. The summed E-state index contributed by atoms with van der Waals surface area (Å²) < 4.78 is 4.86. The van der Waals surface area contributed by atoms with Crippen LogP contribution in [0.4, 0.5) is 11.4 Å². The average Bonchev–Trinajstić information content (AvgIpc) is 2.39. The molecule has 5 heteroatoms. The van der Waals surface area contributed by atoms with E-state index in [1.54, 1.807) is 6.07 Å². The Hall–Kier alpha value is -1.75. The second-order valence-electron chi connectivity index (χ2n) is 5.17. The van der Waals surface area contributed by atoms with E-state index in [2.05, 4.69) is 23.6 Å². The van der Waals surface area contributed by atoms with Gasteiger partial charge in [-0.15, -0.1) is 0 Å². The van der Waals surface area contributed by atoms with E-state index in [1.165, 1.54) is 7.11 Å². The lowest BCUT2D eigenvalue weighted by molar-refractivity contribution is 0.0601. The van der Waals surface area contributed by atoms with Crippen LogP contribution in [0.1, 0.15) is 24.2 Å². The normalized spacial score (nSPS) is 12.3. The maximum absolute atomic E-state index is 11.9.